The summed E-state index contributed by atoms with van der Waals surface area (Å²) in [6.45, 7) is 7.43. The maximum Gasteiger partial charge on any atom is 0.167 e. The van der Waals surface area contributed by atoms with Crippen LogP contribution in [-0.2, 0) is 10.9 Å². The van der Waals surface area contributed by atoms with E-state index in [1.165, 1.54) is 51.5 Å². The van der Waals surface area contributed by atoms with Crippen LogP contribution in [0.1, 0.15) is 50.2 Å². The first-order chi connectivity index (χ1) is 14.2. The highest BCUT2D eigenvalue weighted by atomic mass is 32.2. The summed E-state index contributed by atoms with van der Waals surface area (Å²) in [5.41, 5.74) is 2.47. The molecule has 0 amide bonds. The smallest absolute Gasteiger partial charge is 0.167 e. The maximum absolute atomic E-state index is 6.20. The van der Waals surface area contributed by atoms with E-state index in [0.29, 0.717) is 0 Å². The van der Waals surface area contributed by atoms with E-state index in [0.717, 1.165) is 18.8 Å². The average molecular weight is 406 g/mol. The normalized spacial score (nSPS) is 11.0. The van der Waals surface area contributed by atoms with Gasteiger partial charge in [0.15, 0.2) is 14.7 Å². The molecule has 3 rings (SSSR count). The van der Waals surface area contributed by atoms with E-state index in [4.69, 9.17) is 4.74 Å². The molecule has 0 aromatic heterocycles. The molecule has 0 aliphatic heterocycles. The zero-order valence-electron chi connectivity index (χ0n) is 18.0. The van der Waals surface area contributed by atoms with Crippen LogP contribution in [0, 0.1) is 13.8 Å². The number of hydrogen-bond donors (Lipinski definition) is 0. The van der Waals surface area contributed by atoms with Crippen LogP contribution in [0.2, 0.25) is 0 Å². The molecule has 2 heteroatoms. The van der Waals surface area contributed by atoms with Gasteiger partial charge in [-0.15, -0.1) is 0 Å². The van der Waals surface area contributed by atoms with Crippen LogP contribution in [0.5, 0.6) is 5.75 Å². The number of ether oxygens (including phenoxy) is 1. The lowest BCUT2D eigenvalue weighted by atomic mass is 10.1. The third-order valence-corrected chi connectivity index (χ3v) is 7.32. The van der Waals surface area contributed by atoms with Gasteiger partial charge in [0.05, 0.1) is 17.5 Å². The van der Waals surface area contributed by atoms with Crippen LogP contribution >= 0.6 is 0 Å². The third-order valence-electron chi connectivity index (χ3n) is 5.12. The van der Waals surface area contributed by atoms with Crippen LogP contribution in [-0.4, -0.2) is 6.61 Å². The Morgan fingerprint density at radius 1 is 0.655 bits per heavy atom. The molecule has 3 aromatic rings. The van der Waals surface area contributed by atoms with Gasteiger partial charge in [-0.3, -0.25) is 0 Å². The largest absolute Gasteiger partial charge is 0.493 e. The quantitative estimate of drug-likeness (QED) is 0.247. The second-order valence-corrected chi connectivity index (χ2v) is 9.61. The summed E-state index contributed by atoms with van der Waals surface area (Å²) in [5.74, 6) is 1.06. The number of aryl methyl sites for hydroxylation is 2. The second-order valence-electron chi connectivity index (χ2n) is 7.58. The van der Waals surface area contributed by atoms with Crippen molar-refractivity contribution in [2.75, 3.05) is 6.61 Å². The van der Waals surface area contributed by atoms with Crippen molar-refractivity contribution in [2.24, 2.45) is 0 Å². The van der Waals surface area contributed by atoms with Gasteiger partial charge in [-0.1, -0.05) is 69.0 Å². The molecule has 0 saturated carbocycles. The summed E-state index contributed by atoms with van der Waals surface area (Å²) in [6, 6.07) is 26.3. The Morgan fingerprint density at radius 2 is 1.17 bits per heavy atom. The molecule has 0 atom stereocenters. The van der Waals surface area contributed by atoms with Gasteiger partial charge in [0, 0.05) is 12.1 Å². The van der Waals surface area contributed by atoms with E-state index < -0.39 is 0 Å². The first-order valence-corrected chi connectivity index (χ1v) is 12.0. The lowest BCUT2D eigenvalue weighted by Gasteiger charge is -2.15. The van der Waals surface area contributed by atoms with Gasteiger partial charge in [-0.2, -0.15) is 0 Å². The second kappa shape index (κ2) is 11.1. The molecule has 0 aliphatic rings. The third kappa shape index (κ3) is 5.90. The van der Waals surface area contributed by atoms with Crippen molar-refractivity contribution in [3.63, 3.8) is 0 Å². The fourth-order valence-corrected chi connectivity index (χ4v) is 5.92. The Bertz CT molecular complexity index is 811. The highest BCUT2D eigenvalue weighted by Crippen LogP contribution is 2.35. The lowest BCUT2D eigenvalue weighted by molar-refractivity contribution is 0.300. The molecule has 0 aliphatic carbocycles. The first kappa shape index (κ1) is 21.5. The van der Waals surface area contributed by atoms with Crippen molar-refractivity contribution < 1.29 is 4.74 Å². The predicted octanol–water partition coefficient (Wildman–Crippen LogP) is 7.75. The van der Waals surface area contributed by atoms with Gasteiger partial charge >= 0.3 is 0 Å². The van der Waals surface area contributed by atoms with Gasteiger partial charge in [-0.05, 0) is 55.7 Å². The van der Waals surface area contributed by atoms with Crippen molar-refractivity contribution in [2.45, 2.75) is 67.6 Å². The van der Waals surface area contributed by atoms with E-state index in [2.05, 4.69) is 93.6 Å². The molecular weight excluding hydrogens is 372 g/mol. The number of unbranched alkanes of at least 4 members (excludes halogenated alkanes) is 4. The minimum atomic E-state index is -0.110. The average Bonchev–Trinajstić information content (AvgIpc) is 2.74. The zero-order valence-corrected chi connectivity index (χ0v) is 18.8. The number of rotatable bonds is 10. The Hall–Kier alpha value is -2.19. The SMILES string of the molecule is CCCCCCCOc1c(C)cc([S+](c2ccccc2)c2ccccc2)cc1C. The zero-order chi connectivity index (χ0) is 20.5. The molecule has 0 radical (unpaired) electrons. The molecule has 3 aromatic carbocycles. The van der Waals surface area contributed by atoms with Gasteiger partial charge in [-0.25, -0.2) is 0 Å². The van der Waals surface area contributed by atoms with Crippen LogP contribution in [0.25, 0.3) is 0 Å². The molecule has 0 heterocycles. The number of benzene rings is 3. The van der Waals surface area contributed by atoms with Gasteiger partial charge in [0.2, 0.25) is 0 Å². The van der Waals surface area contributed by atoms with Gasteiger partial charge in [0.25, 0.3) is 0 Å². The Labute approximate surface area is 179 Å². The summed E-state index contributed by atoms with van der Waals surface area (Å²) in [7, 11) is -0.110. The van der Waals surface area contributed by atoms with Crippen LogP contribution in [0.15, 0.2) is 87.5 Å². The fraction of sp³-hybridized carbons (Fsp3) is 0.333. The molecule has 0 saturated heterocycles. The molecule has 152 valence electrons. The summed E-state index contributed by atoms with van der Waals surface area (Å²) in [5, 5.41) is 0. The summed E-state index contributed by atoms with van der Waals surface area (Å²) < 4.78 is 6.20. The minimum Gasteiger partial charge on any atom is -0.493 e. The molecule has 0 fully saturated rings. The summed E-state index contributed by atoms with van der Waals surface area (Å²) in [4.78, 5) is 4.05. The van der Waals surface area contributed by atoms with Gasteiger partial charge < -0.3 is 4.74 Å². The van der Waals surface area contributed by atoms with Crippen LogP contribution < -0.4 is 4.74 Å². The van der Waals surface area contributed by atoms with E-state index >= 15 is 0 Å². The van der Waals surface area contributed by atoms with E-state index in [-0.39, 0.29) is 10.9 Å². The minimum absolute atomic E-state index is 0.110. The lowest BCUT2D eigenvalue weighted by Crippen LogP contribution is -2.07. The maximum atomic E-state index is 6.20. The van der Waals surface area contributed by atoms with E-state index in [1.807, 2.05) is 0 Å². The molecule has 29 heavy (non-hydrogen) atoms. The Morgan fingerprint density at radius 3 is 1.69 bits per heavy atom. The topological polar surface area (TPSA) is 9.23 Å². The fourth-order valence-electron chi connectivity index (χ4n) is 3.66. The summed E-state index contributed by atoms with van der Waals surface area (Å²) >= 11 is 0. The monoisotopic (exact) mass is 405 g/mol. The Kier molecular flexibility index (Phi) is 8.25. The predicted molar refractivity (Wildman–Crippen MR) is 125 cm³/mol. The van der Waals surface area contributed by atoms with Crippen LogP contribution in [0.3, 0.4) is 0 Å². The highest BCUT2D eigenvalue weighted by molar-refractivity contribution is 7.97. The first-order valence-electron chi connectivity index (χ1n) is 10.8. The van der Waals surface area contributed by atoms with E-state index in [1.54, 1.807) is 0 Å². The standard InChI is InChI=1S/C27H33OS/c1-4-5-6-7-14-19-28-27-22(2)20-26(21-23(27)3)29(24-15-10-8-11-16-24)25-17-12-9-13-18-25/h8-13,15-18,20-21H,4-7,14,19H2,1-3H3/q+1. The van der Waals surface area contributed by atoms with Crippen LogP contribution in [0.4, 0.5) is 0 Å². The Balaban J connectivity index is 1.83. The highest BCUT2D eigenvalue weighted by Gasteiger charge is 2.29. The van der Waals surface area contributed by atoms with E-state index in [9.17, 15) is 0 Å². The van der Waals surface area contributed by atoms with Crippen molar-refractivity contribution in [1.82, 2.24) is 0 Å². The van der Waals surface area contributed by atoms with Gasteiger partial charge in [0.1, 0.15) is 5.75 Å². The summed E-state index contributed by atoms with van der Waals surface area (Å²) in [6.07, 6.45) is 6.32. The molecule has 0 bridgehead atoms. The molecule has 1 nitrogen and oxygen atoms in total. The molecule has 0 N–H and O–H groups in total. The number of hydrogen-bond acceptors (Lipinski definition) is 1. The van der Waals surface area contributed by atoms with Crippen molar-refractivity contribution in [3.8, 4) is 5.75 Å². The van der Waals surface area contributed by atoms with Crippen molar-refractivity contribution in [1.29, 1.82) is 0 Å². The van der Waals surface area contributed by atoms with Crippen molar-refractivity contribution in [3.05, 3.63) is 83.9 Å². The molecular formula is C27H33OS+. The van der Waals surface area contributed by atoms with Crippen molar-refractivity contribution >= 4 is 10.9 Å². The molecule has 0 unspecified atom stereocenters. The molecule has 0 spiro atoms.